The lowest BCUT2D eigenvalue weighted by molar-refractivity contribution is 0.207. The zero-order chi connectivity index (χ0) is 18.1. The van der Waals surface area contributed by atoms with Gasteiger partial charge in [0.25, 0.3) is 0 Å². The largest absolute Gasteiger partial charge is 0.495 e. The SMILES string of the molecule is CCCCCN(Cc1ccc(F)cc1)C(=O)Nc1ccccc1OC. The van der Waals surface area contributed by atoms with Crippen molar-refractivity contribution >= 4 is 11.7 Å². The summed E-state index contributed by atoms with van der Waals surface area (Å²) in [7, 11) is 1.57. The first-order valence-corrected chi connectivity index (χ1v) is 8.57. The molecule has 0 fully saturated rings. The van der Waals surface area contributed by atoms with Crippen molar-refractivity contribution < 1.29 is 13.9 Å². The molecule has 5 heteroatoms. The summed E-state index contributed by atoms with van der Waals surface area (Å²) in [5.41, 5.74) is 1.53. The van der Waals surface area contributed by atoms with Crippen molar-refractivity contribution in [3.8, 4) is 5.75 Å². The smallest absolute Gasteiger partial charge is 0.322 e. The van der Waals surface area contributed by atoms with Crippen LogP contribution in [-0.4, -0.2) is 24.6 Å². The minimum Gasteiger partial charge on any atom is -0.495 e. The van der Waals surface area contributed by atoms with Gasteiger partial charge in [-0.1, -0.05) is 44.0 Å². The summed E-state index contributed by atoms with van der Waals surface area (Å²) >= 11 is 0. The summed E-state index contributed by atoms with van der Waals surface area (Å²) in [5.74, 6) is 0.339. The number of urea groups is 1. The number of nitrogens with zero attached hydrogens (tertiary/aromatic N) is 1. The first-order chi connectivity index (χ1) is 12.1. The topological polar surface area (TPSA) is 41.6 Å². The highest BCUT2D eigenvalue weighted by Crippen LogP contribution is 2.23. The Labute approximate surface area is 148 Å². The van der Waals surface area contributed by atoms with E-state index < -0.39 is 0 Å². The van der Waals surface area contributed by atoms with E-state index in [1.165, 1.54) is 12.1 Å². The minimum absolute atomic E-state index is 0.190. The van der Waals surface area contributed by atoms with Gasteiger partial charge in [0.15, 0.2) is 0 Å². The third-order valence-corrected chi connectivity index (χ3v) is 3.95. The Bertz CT molecular complexity index is 674. The first-order valence-electron chi connectivity index (χ1n) is 8.57. The van der Waals surface area contributed by atoms with E-state index in [-0.39, 0.29) is 11.8 Å². The van der Waals surface area contributed by atoms with Crippen LogP contribution in [0.4, 0.5) is 14.9 Å². The molecule has 0 radical (unpaired) electrons. The molecule has 134 valence electrons. The number of nitrogens with one attached hydrogen (secondary N) is 1. The van der Waals surface area contributed by atoms with E-state index in [1.807, 2.05) is 12.1 Å². The second-order valence-electron chi connectivity index (χ2n) is 5.89. The van der Waals surface area contributed by atoms with Crippen molar-refractivity contribution in [2.75, 3.05) is 19.0 Å². The number of carbonyl (C=O) groups is 1. The summed E-state index contributed by atoms with van der Waals surface area (Å²) in [6.45, 7) is 3.20. The van der Waals surface area contributed by atoms with Crippen molar-refractivity contribution in [1.29, 1.82) is 0 Å². The van der Waals surface area contributed by atoms with E-state index in [1.54, 1.807) is 36.3 Å². The lowest BCUT2D eigenvalue weighted by Crippen LogP contribution is -2.35. The van der Waals surface area contributed by atoms with Crippen molar-refractivity contribution in [2.45, 2.75) is 32.7 Å². The van der Waals surface area contributed by atoms with E-state index in [0.29, 0.717) is 24.5 Å². The standard InChI is InChI=1S/C20H25FN2O2/c1-3-4-7-14-23(15-16-10-12-17(21)13-11-16)20(24)22-18-8-5-6-9-19(18)25-2/h5-6,8-13H,3-4,7,14-15H2,1-2H3,(H,22,24). The zero-order valence-corrected chi connectivity index (χ0v) is 14.8. The van der Waals surface area contributed by atoms with Crippen LogP contribution in [0.1, 0.15) is 31.7 Å². The Balaban J connectivity index is 2.09. The summed E-state index contributed by atoms with van der Waals surface area (Å²) in [6, 6.07) is 13.4. The molecule has 2 aromatic carbocycles. The van der Waals surface area contributed by atoms with Gasteiger partial charge >= 0.3 is 6.03 Å². The molecule has 0 bridgehead atoms. The Morgan fingerprint density at radius 2 is 1.84 bits per heavy atom. The highest BCUT2D eigenvalue weighted by atomic mass is 19.1. The molecule has 0 aliphatic carbocycles. The normalized spacial score (nSPS) is 10.4. The second-order valence-corrected chi connectivity index (χ2v) is 5.89. The fourth-order valence-corrected chi connectivity index (χ4v) is 2.56. The quantitative estimate of drug-likeness (QED) is 0.680. The monoisotopic (exact) mass is 344 g/mol. The van der Waals surface area contributed by atoms with Crippen LogP contribution in [0.15, 0.2) is 48.5 Å². The van der Waals surface area contributed by atoms with Gasteiger partial charge in [0.2, 0.25) is 0 Å². The highest BCUT2D eigenvalue weighted by Gasteiger charge is 2.15. The number of hydrogen-bond acceptors (Lipinski definition) is 2. The van der Waals surface area contributed by atoms with E-state index >= 15 is 0 Å². The van der Waals surface area contributed by atoms with E-state index in [4.69, 9.17) is 4.74 Å². The van der Waals surface area contributed by atoms with Crippen LogP contribution in [-0.2, 0) is 6.54 Å². The molecule has 0 atom stereocenters. The average Bonchev–Trinajstić information content (AvgIpc) is 2.63. The molecular formula is C20H25FN2O2. The van der Waals surface area contributed by atoms with Crippen molar-refractivity contribution in [3.63, 3.8) is 0 Å². The molecule has 2 aromatic rings. The molecule has 2 rings (SSSR count). The maximum Gasteiger partial charge on any atom is 0.322 e. The lowest BCUT2D eigenvalue weighted by Gasteiger charge is -2.24. The van der Waals surface area contributed by atoms with Gasteiger partial charge in [-0.15, -0.1) is 0 Å². The number of ether oxygens (including phenoxy) is 1. The first kappa shape index (κ1) is 18.8. The molecule has 0 aliphatic heterocycles. The maximum atomic E-state index is 13.1. The van der Waals surface area contributed by atoms with Gasteiger partial charge in [0.1, 0.15) is 11.6 Å². The van der Waals surface area contributed by atoms with Crippen LogP contribution in [0.5, 0.6) is 5.75 Å². The predicted molar refractivity (Wildman–Crippen MR) is 98.3 cm³/mol. The van der Waals surface area contributed by atoms with Gasteiger partial charge in [-0.3, -0.25) is 0 Å². The second kappa shape index (κ2) is 9.67. The molecule has 0 aliphatic rings. The van der Waals surface area contributed by atoms with Crippen LogP contribution in [0.25, 0.3) is 0 Å². The fourth-order valence-electron chi connectivity index (χ4n) is 2.56. The Hall–Kier alpha value is -2.56. The molecule has 0 saturated heterocycles. The van der Waals surface area contributed by atoms with Gasteiger partial charge in [0, 0.05) is 13.1 Å². The van der Waals surface area contributed by atoms with Gasteiger partial charge < -0.3 is 15.0 Å². The summed E-state index contributed by atoms with van der Waals surface area (Å²) < 4.78 is 18.4. The molecule has 0 aromatic heterocycles. The maximum absolute atomic E-state index is 13.1. The number of para-hydroxylation sites is 2. The molecule has 2 amide bonds. The van der Waals surface area contributed by atoms with Crippen LogP contribution in [0.2, 0.25) is 0 Å². The Morgan fingerprint density at radius 3 is 2.52 bits per heavy atom. The number of carbonyl (C=O) groups excluding carboxylic acids is 1. The molecule has 4 nitrogen and oxygen atoms in total. The Kier molecular flexibility index (Phi) is 7.26. The molecule has 0 unspecified atom stereocenters. The number of halogens is 1. The van der Waals surface area contributed by atoms with E-state index in [0.717, 1.165) is 24.8 Å². The van der Waals surface area contributed by atoms with Crippen LogP contribution in [0, 0.1) is 5.82 Å². The third kappa shape index (κ3) is 5.78. The summed E-state index contributed by atoms with van der Waals surface area (Å²) in [4.78, 5) is 14.5. The van der Waals surface area contributed by atoms with Gasteiger partial charge in [-0.25, -0.2) is 9.18 Å². The average molecular weight is 344 g/mol. The van der Waals surface area contributed by atoms with Gasteiger partial charge in [0.05, 0.1) is 12.8 Å². The molecular weight excluding hydrogens is 319 g/mol. The van der Waals surface area contributed by atoms with Crippen LogP contribution >= 0.6 is 0 Å². The lowest BCUT2D eigenvalue weighted by atomic mass is 10.2. The van der Waals surface area contributed by atoms with Gasteiger partial charge in [-0.05, 0) is 36.2 Å². The molecule has 0 heterocycles. The zero-order valence-electron chi connectivity index (χ0n) is 14.8. The van der Waals surface area contributed by atoms with Gasteiger partial charge in [-0.2, -0.15) is 0 Å². The number of rotatable bonds is 8. The van der Waals surface area contributed by atoms with Crippen molar-refractivity contribution in [3.05, 3.63) is 59.9 Å². The predicted octanol–water partition coefficient (Wildman–Crippen LogP) is 5.06. The van der Waals surface area contributed by atoms with Crippen molar-refractivity contribution in [2.24, 2.45) is 0 Å². The molecule has 0 saturated carbocycles. The van der Waals surface area contributed by atoms with E-state index in [2.05, 4.69) is 12.2 Å². The third-order valence-electron chi connectivity index (χ3n) is 3.95. The van der Waals surface area contributed by atoms with Crippen LogP contribution in [0.3, 0.4) is 0 Å². The number of amides is 2. The van der Waals surface area contributed by atoms with Crippen LogP contribution < -0.4 is 10.1 Å². The van der Waals surface area contributed by atoms with Crippen molar-refractivity contribution in [1.82, 2.24) is 4.90 Å². The number of benzene rings is 2. The number of methoxy groups -OCH3 is 1. The number of anilines is 1. The molecule has 25 heavy (non-hydrogen) atoms. The molecule has 0 spiro atoms. The van der Waals surface area contributed by atoms with E-state index in [9.17, 15) is 9.18 Å². The summed E-state index contributed by atoms with van der Waals surface area (Å²) in [5, 5.41) is 2.91. The fraction of sp³-hybridized carbons (Fsp3) is 0.350. The molecule has 1 N–H and O–H groups in total. The number of unbranched alkanes of at least 4 members (excludes halogenated alkanes) is 2. The summed E-state index contributed by atoms with van der Waals surface area (Å²) in [6.07, 6.45) is 3.07. The minimum atomic E-state index is -0.278. The number of hydrogen-bond donors (Lipinski definition) is 1. The Morgan fingerprint density at radius 1 is 1.12 bits per heavy atom. The highest BCUT2D eigenvalue weighted by molar-refractivity contribution is 5.90.